The molecule has 1 fully saturated rings. The van der Waals surface area contributed by atoms with Crippen molar-refractivity contribution in [2.75, 3.05) is 11.9 Å². The minimum absolute atomic E-state index is 0.186. The number of imidazole rings is 1. The minimum Gasteiger partial charge on any atom is -0.406 e. The van der Waals surface area contributed by atoms with Crippen molar-refractivity contribution in [1.82, 2.24) is 19.5 Å². The van der Waals surface area contributed by atoms with Gasteiger partial charge in [0, 0.05) is 10.1 Å². The topological polar surface area (TPSA) is 158 Å². The first-order valence-corrected chi connectivity index (χ1v) is 15.8. The average Bonchev–Trinajstić information content (AvgIpc) is 3.40. The molecule has 12 nitrogen and oxygen atoms in total. The van der Waals surface area contributed by atoms with E-state index >= 15 is 0 Å². The smallest absolute Gasteiger partial charge is 0.406 e. The zero-order valence-electron chi connectivity index (χ0n) is 21.2. The highest BCUT2D eigenvalue weighted by molar-refractivity contribution is 7.32. The molecular formula is C23H31N5O7PSi+. The largest absolute Gasteiger partial charge is 0.695 e. The third-order valence-corrected chi connectivity index (χ3v) is 11.7. The Hall–Kier alpha value is -2.64. The second kappa shape index (κ2) is 10.6. The maximum atomic E-state index is 12.7. The van der Waals surface area contributed by atoms with Crippen molar-refractivity contribution >= 4 is 39.5 Å². The van der Waals surface area contributed by atoms with Crippen LogP contribution >= 0.6 is 8.25 Å². The first kappa shape index (κ1) is 27.4. The molecule has 3 heterocycles. The number of nitrogens with zero attached hydrogens (tertiary/aromatic N) is 4. The first-order valence-electron chi connectivity index (χ1n) is 11.7. The van der Waals surface area contributed by atoms with Crippen molar-refractivity contribution in [3.05, 3.63) is 48.5 Å². The second-order valence-corrected chi connectivity index (χ2v) is 15.7. The molecule has 1 saturated heterocycles. The van der Waals surface area contributed by atoms with Crippen LogP contribution in [0.3, 0.4) is 0 Å². The number of carbonyl (C=O) groups excluding carboxylic acids is 1. The molecule has 0 bridgehead atoms. The zero-order valence-corrected chi connectivity index (χ0v) is 23.1. The van der Waals surface area contributed by atoms with Crippen LogP contribution in [0, 0.1) is 0 Å². The number of amides is 1. The number of hydrogen-bond acceptors (Lipinski definition) is 9. The van der Waals surface area contributed by atoms with Crippen molar-refractivity contribution in [1.29, 1.82) is 0 Å². The number of aliphatic hydroxyl groups excluding tert-OH is 1. The fourth-order valence-electron chi connectivity index (χ4n) is 3.85. The van der Waals surface area contributed by atoms with Crippen LogP contribution in [0.15, 0.2) is 43.0 Å². The van der Waals surface area contributed by atoms with E-state index in [-0.39, 0.29) is 16.8 Å². The van der Waals surface area contributed by atoms with E-state index in [1.807, 2.05) is 19.2 Å². The summed E-state index contributed by atoms with van der Waals surface area (Å²) in [7, 11) is -5.43. The molecule has 1 aliphatic heterocycles. The number of rotatable bonds is 8. The summed E-state index contributed by atoms with van der Waals surface area (Å²) in [4.78, 5) is 35.2. The summed E-state index contributed by atoms with van der Waals surface area (Å²) in [5.41, 5.74) is 1.12. The quantitative estimate of drug-likeness (QED) is 0.281. The summed E-state index contributed by atoms with van der Waals surface area (Å²) < 4.78 is 31.3. The fourth-order valence-corrected chi connectivity index (χ4v) is 5.60. The molecule has 1 aliphatic rings. The van der Waals surface area contributed by atoms with E-state index in [2.05, 4.69) is 41.0 Å². The number of anilines is 1. The standard InChI is InChI=1S/C23H30N5O7PSi/c1-23(2,3)37(4,5)35-18-17(34-36(31)32)15(11-29)33-22(18)28-13-26-16-19(24-12-25-20(16)28)27-21(30)14-9-7-6-8-10-14/h6-10,12-13,15,17-18,22,29H,11H2,1-5H3,(H-,24,25,27,30,31,32)/p+1/t15-,17-,18-,22-/m1/s1. The number of fused-ring (bicyclic) bond motifs is 1. The van der Waals surface area contributed by atoms with Crippen molar-refractivity contribution in [2.24, 2.45) is 0 Å². The van der Waals surface area contributed by atoms with Crippen LogP contribution in [0.2, 0.25) is 18.1 Å². The van der Waals surface area contributed by atoms with E-state index in [9.17, 15) is 19.4 Å². The van der Waals surface area contributed by atoms with Gasteiger partial charge in [-0.05, 0) is 30.3 Å². The highest BCUT2D eigenvalue weighted by Crippen LogP contribution is 2.44. The Morgan fingerprint density at radius 3 is 2.51 bits per heavy atom. The number of benzene rings is 1. The van der Waals surface area contributed by atoms with Crippen LogP contribution in [0.5, 0.6) is 0 Å². The molecule has 0 spiro atoms. The highest BCUT2D eigenvalue weighted by atomic mass is 31.1. The lowest BCUT2D eigenvalue weighted by Crippen LogP contribution is -2.49. The zero-order chi connectivity index (χ0) is 27.0. The third-order valence-electron chi connectivity index (χ3n) is 6.82. The van der Waals surface area contributed by atoms with Crippen LogP contribution in [0.4, 0.5) is 5.82 Å². The van der Waals surface area contributed by atoms with Gasteiger partial charge in [0.05, 0.1) is 12.9 Å². The lowest BCUT2D eigenvalue weighted by atomic mass is 10.1. The van der Waals surface area contributed by atoms with Gasteiger partial charge in [0.1, 0.15) is 18.5 Å². The van der Waals surface area contributed by atoms with Gasteiger partial charge in [0.15, 0.2) is 37.6 Å². The maximum absolute atomic E-state index is 12.7. The monoisotopic (exact) mass is 548 g/mol. The molecule has 1 unspecified atom stereocenters. The van der Waals surface area contributed by atoms with Gasteiger partial charge < -0.3 is 19.6 Å². The summed E-state index contributed by atoms with van der Waals surface area (Å²) in [6.45, 7) is 9.82. The Morgan fingerprint density at radius 2 is 1.89 bits per heavy atom. The number of nitrogens with one attached hydrogen (secondary N) is 1. The van der Waals surface area contributed by atoms with Gasteiger partial charge in [-0.1, -0.05) is 39.0 Å². The third kappa shape index (κ3) is 5.63. The predicted octanol–water partition coefficient (Wildman–Crippen LogP) is 3.39. The number of aromatic nitrogens is 4. The molecule has 4 rings (SSSR count). The molecule has 0 radical (unpaired) electrons. The van der Waals surface area contributed by atoms with Crippen LogP contribution in [-0.2, 0) is 18.3 Å². The van der Waals surface area contributed by atoms with E-state index in [0.717, 1.165) is 0 Å². The Morgan fingerprint density at radius 1 is 1.19 bits per heavy atom. The van der Waals surface area contributed by atoms with E-state index in [4.69, 9.17) is 13.7 Å². The second-order valence-electron chi connectivity index (χ2n) is 10.3. The Kier molecular flexibility index (Phi) is 7.86. The minimum atomic E-state index is -2.99. The van der Waals surface area contributed by atoms with E-state index < -0.39 is 47.7 Å². The summed E-state index contributed by atoms with van der Waals surface area (Å²) >= 11 is 0. The van der Waals surface area contributed by atoms with Gasteiger partial charge in [0.2, 0.25) is 0 Å². The summed E-state index contributed by atoms with van der Waals surface area (Å²) in [5.74, 6) is -0.144. The Balaban J connectivity index is 1.72. The molecule has 14 heteroatoms. The Labute approximate surface area is 216 Å². The number of hydrogen-bond donors (Lipinski definition) is 3. The molecule has 3 aromatic rings. The van der Waals surface area contributed by atoms with Gasteiger partial charge in [-0.25, -0.2) is 15.0 Å². The molecule has 37 heavy (non-hydrogen) atoms. The molecule has 5 atom stereocenters. The van der Waals surface area contributed by atoms with Crippen LogP contribution in [-0.4, -0.2) is 68.7 Å². The molecular weight excluding hydrogens is 517 g/mol. The van der Waals surface area contributed by atoms with Gasteiger partial charge in [0.25, 0.3) is 5.91 Å². The van der Waals surface area contributed by atoms with E-state index in [0.29, 0.717) is 16.7 Å². The van der Waals surface area contributed by atoms with Gasteiger partial charge in [-0.2, -0.15) is 0 Å². The highest BCUT2D eigenvalue weighted by Gasteiger charge is 2.54. The van der Waals surface area contributed by atoms with Crippen LogP contribution < -0.4 is 5.32 Å². The normalized spacial score (nSPS) is 22.8. The van der Waals surface area contributed by atoms with Crippen LogP contribution in [0.1, 0.15) is 37.4 Å². The Bertz CT molecular complexity index is 1280. The summed E-state index contributed by atoms with van der Waals surface area (Å²) in [6, 6.07) is 8.70. The van der Waals surface area contributed by atoms with Crippen molar-refractivity contribution in [2.45, 2.75) is 63.4 Å². The van der Waals surface area contributed by atoms with Crippen molar-refractivity contribution in [3.63, 3.8) is 0 Å². The molecule has 198 valence electrons. The molecule has 3 N–H and O–H groups in total. The van der Waals surface area contributed by atoms with Gasteiger partial charge in [-0.15, -0.1) is 9.42 Å². The molecule has 0 aliphatic carbocycles. The molecule has 0 saturated carbocycles. The SMILES string of the molecule is CC(C)(C)[Si](C)(C)O[C@@H]1[C@H](O[P+](=O)O)[C@@H](CO)O[C@H]1n1cnc2c(NC(=O)c3ccccc3)ncnc21. The lowest BCUT2D eigenvalue weighted by Gasteiger charge is -2.40. The number of aliphatic hydroxyl groups is 1. The van der Waals surface area contributed by atoms with Gasteiger partial charge >= 0.3 is 8.25 Å². The predicted molar refractivity (Wildman–Crippen MR) is 137 cm³/mol. The first-order chi connectivity index (χ1) is 17.4. The molecule has 1 aromatic carbocycles. The summed E-state index contributed by atoms with van der Waals surface area (Å²) in [5, 5.41) is 12.6. The maximum Gasteiger partial charge on any atom is 0.695 e. The number of ether oxygens (including phenoxy) is 1. The van der Waals surface area contributed by atoms with Gasteiger partial charge in [-0.3, -0.25) is 9.36 Å². The van der Waals surface area contributed by atoms with E-state index in [1.54, 1.807) is 28.8 Å². The van der Waals surface area contributed by atoms with E-state index in [1.165, 1.54) is 12.7 Å². The lowest BCUT2D eigenvalue weighted by molar-refractivity contribution is -0.0487. The van der Waals surface area contributed by atoms with Crippen molar-refractivity contribution in [3.8, 4) is 0 Å². The van der Waals surface area contributed by atoms with Crippen molar-refractivity contribution < 1.29 is 33.0 Å². The molecule has 2 aromatic heterocycles. The number of carbonyl (C=O) groups is 1. The average molecular weight is 549 g/mol. The van der Waals surface area contributed by atoms with Crippen LogP contribution in [0.25, 0.3) is 11.2 Å². The summed E-state index contributed by atoms with van der Waals surface area (Å²) in [6.07, 6.45) is -0.915. The fraction of sp³-hybridized carbons (Fsp3) is 0.478. The molecule has 1 amide bonds.